The maximum atomic E-state index is 4.81. The number of fused-ring (bicyclic) bond motifs is 1. The van der Waals surface area contributed by atoms with Crippen LogP contribution in [0.1, 0.15) is 41.5 Å². The maximum absolute atomic E-state index is 4.81. The highest BCUT2D eigenvalue weighted by Gasteiger charge is 2.20. The van der Waals surface area contributed by atoms with Crippen LogP contribution in [0.4, 0.5) is 0 Å². The van der Waals surface area contributed by atoms with Crippen LogP contribution in [0.15, 0.2) is 60.8 Å². The van der Waals surface area contributed by atoms with Crippen molar-refractivity contribution in [2.24, 2.45) is 0 Å². The smallest absolute Gasteiger partial charge is 0.0605 e. The summed E-state index contributed by atoms with van der Waals surface area (Å²) in [5.41, 5.74) is 7.18. The average molecular weight is 329 g/mol. The third kappa shape index (κ3) is 3.47. The predicted molar refractivity (Wildman–Crippen MR) is 101 cm³/mol. The number of hydrogen-bond donors (Lipinski definition) is 1. The van der Waals surface area contributed by atoms with E-state index in [0.717, 1.165) is 30.8 Å². The summed E-state index contributed by atoms with van der Waals surface area (Å²) in [4.78, 5) is 9.41. The van der Waals surface area contributed by atoms with E-state index in [-0.39, 0.29) is 0 Å². The minimum Gasteiger partial charge on any atom is -0.303 e. The molecule has 3 aromatic rings. The van der Waals surface area contributed by atoms with Crippen LogP contribution in [0, 0.1) is 6.92 Å². The normalized spacial score (nSPS) is 16.4. The van der Waals surface area contributed by atoms with Crippen molar-refractivity contribution in [3.05, 3.63) is 83.4 Å². The molecule has 4 rings (SSSR count). The van der Waals surface area contributed by atoms with E-state index in [1.165, 1.54) is 28.8 Å². The van der Waals surface area contributed by atoms with Gasteiger partial charge < -0.3 is 5.32 Å². The van der Waals surface area contributed by atoms with Gasteiger partial charge in [-0.1, -0.05) is 42.5 Å². The molecule has 126 valence electrons. The fraction of sp³-hybridized carbons (Fsp3) is 0.273. The number of hydrogen-bond acceptors (Lipinski definition) is 3. The minimum absolute atomic E-state index is 0.334. The van der Waals surface area contributed by atoms with E-state index in [0.29, 0.717) is 6.04 Å². The Balaban J connectivity index is 1.49. The number of nitrogens with zero attached hydrogens (tertiary/aromatic N) is 2. The number of aromatic nitrogens is 2. The van der Waals surface area contributed by atoms with E-state index < -0.39 is 0 Å². The largest absolute Gasteiger partial charge is 0.303 e. The first-order valence-electron chi connectivity index (χ1n) is 9.00. The van der Waals surface area contributed by atoms with Gasteiger partial charge in [-0.15, -0.1) is 0 Å². The first kappa shape index (κ1) is 16.0. The quantitative estimate of drug-likeness (QED) is 0.759. The first-order chi connectivity index (χ1) is 12.3. The van der Waals surface area contributed by atoms with E-state index in [1.54, 1.807) is 0 Å². The molecule has 0 spiro atoms. The lowest BCUT2D eigenvalue weighted by Gasteiger charge is -2.25. The van der Waals surface area contributed by atoms with Crippen molar-refractivity contribution in [3.63, 3.8) is 0 Å². The SMILES string of the molecule is Cc1nc(CNC2CCCc3cccnc32)ccc1-c1ccccc1. The number of benzene rings is 1. The lowest BCUT2D eigenvalue weighted by atomic mass is 9.92. The number of nitrogens with one attached hydrogen (secondary N) is 1. The molecule has 0 fully saturated rings. The van der Waals surface area contributed by atoms with Gasteiger partial charge in [-0.3, -0.25) is 9.97 Å². The zero-order valence-electron chi connectivity index (χ0n) is 14.6. The van der Waals surface area contributed by atoms with Gasteiger partial charge in [0.1, 0.15) is 0 Å². The first-order valence-corrected chi connectivity index (χ1v) is 9.00. The van der Waals surface area contributed by atoms with Crippen LogP contribution in [0.2, 0.25) is 0 Å². The molecular formula is C22H23N3. The molecule has 3 nitrogen and oxygen atoms in total. The Labute approximate surface area is 149 Å². The fourth-order valence-electron chi connectivity index (χ4n) is 3.67. The molecule has 3 heteroatoms. The second-order valence-corrected chi connectivity index (χ2v) is 6.68. The number of pyridine rings is 2. The molecule has 0 amide bonds. The lowest BCUT2D eigenvalue weighted by Crippen LogP contribution is -2.26. The molecule has 0 saturated heterocycles. The van der Waals surface area contributed by atoms with E-state index in [9.17, 15) is 0 Å². The third-order valence-corrected chi connectivity index (χ3v) is 4.95. The minimum atomic E-state index is 0.334. The monoisotopic (exact) mass is 329 g/mol. The molecule has 0 saturated carbocycles. The molecule has 2 heterocycles. The summed E-state index contributed by atoms with van der Waals surface area (Å²) in [5, 5.41) is 3.66. The Kier molecular flexibility index (Phi) is 4.57. The lowest BCUT2D eigenvalue weighted by molar-refractivity contribution is 0.445. The standard InChI is InChI=1S/C22H23N3/c1-16-20(17-7-3-2-4-8-17)13-12-19(25-16)15-24-21-11-5-9-18-10-6-14-23-22(18)21/h2-4,6-8,10,12-14,21,24H,5,9,11,15H2,1H3. The van der Waals surface area contributed by atoms with Gasteiger partial charge in [0.05, 0.1) is 17.4 Å². The second kappa shape index (κ2) is 7.16. The summed E-state index contributed by atoms with van der Waals surface area (Å²) in [6, 6.07) is 19.3. The van der Waals surface area contributed by atoms with Gasteiger partial charge in [0, 0.05) is 24.0 Å². The fourth-order valence-corrected chi connectivity index (χ4v) is 3.67. The maximum Gasteiger partial charge on any atom is 0.0605 e. The van der Waals surface area contributed by atoms with Crippen LogP contribution >= 0.6 is 0 Å². The van der Waals surface area contributed by atoms with Crippen molar-refractivity contribution in [1.29, 1.82) is 0 Å². The van der Waals surface area contributed by atoms with Crippen LogP contribution in [0.3, 0.4) is 0 Å². The van der Waals surface area contributed by atoms with E-state index in [4.69, 9.17) is 4.98 Å². The summed E-state index contributed by atoms with van der Waals surface area (Å²) < 4.78 is 0. The number of rotatable bonds is 4. The highest BCUT2D eigenvalue weighted by Crippen LogP contribution is 2.28. The summed E-state index contributed by atoms with van der Waals surface area (Å²) in [6.07, 6.45) is 5.40. The van der Waals surface area contributed by atoms with Crippen molar-refractivity contribution in [2.45, 2.75) is 38.8 Å². The van der Waals surface area contributed by atoms with Crippen LogP contribution in [0.25, 0.3) is 11.1 Å². The zero-order valence-corrected chi connectivity index (χ0v) is 14.6. The van der Waals surface area contributed by atoms with E-state index >= 15 is 0 Å². The van der Waals surface area contributed by atoms with E-state index in [2.05, 4.69) is 59.7 Å². The third-order valence-electron chi connectivity index (χ3n) is 4.95. The van der Waals surface area contributed by atoms with Crippen molar-refractivity contribution in [2.75, 3.05) is 0 Å². The molecule has 1 aliphatic rings. The topological polar surface area (TPSA) is 37.8 Å². The number of aryl methyl sites for hydroxylation is 2. The average Bonchev–Trinajstić information content (AvgIpc) is 2.67. The molecule has 1 N–H and O–H groups in total. The highest BCUT2D eigenvalue weighted by molar-refractivity contribution is 5.65. The van der Waals surface area contributed by atoms with Crippen LogP contribution < -0.4 is 5.32 Å². The molecule has 0 bridgehead atoms. The Morgan fingerprint density at radius 3 is 2.76 bits per heavy atom. The molecule has 1 aliphatic carbocycles. The van der Waals surface area contributed by atoms with Crippen molar-refractivity contribution in [3.8, 4) is 11.1 Å². The summed E-state index contributed by atoms with van der Waals surface area (Å²) in [7, 11) is 0. The molecule has 0 radical (unpaired) electrons. The Hall–Kier alpha value is -2.52. The molecule has 1 aromatic carbocycles. The molecule has 1 unspecified atom stereocenters. The van der Waals surface area contributed by atoms with Gasteiger partial charge in [-0.2, -0.15) is 0 Å². The molecule has 0 aliphatic heterocycles. The predicted octanol–water partition coefficient (Wildman–Crippen LogP) is 4.62. The molecule has 25 heavy (non-hydrogen) atoms. The summed E-state index contributed by atoms with van der Waals surface area (Å²) >= 11 is 0. The second-order valence-electron chi connectivity index (χ2n) is 6.68. The van der Waals surface area contributed by atoms with Crippen LogP contribution in [-0.2, 0) is 13.0 Å². The van der Waals surface area contributed by atoms with Crippen molar-refractivity contribution >= 4 is 0 Å². The van der Waals surface area contributed by atoms with Crippen LogP contribution in [-0.4, -0.2) is 9.97 Å². The van der Waals surface area contributed by atoms with Gasteiger partial charge in [-0.05, 0) is 49.4 Å². The van der Waals surface area contributed by atoms with Gasteiger partial charge >= 0.3 is 0 Å². The van der Waals surface area contributed by atoms with Crippen molar-refractivity contribution < 1.29 is 0 Å². The van der Waals surface area contributed by atoms with Gasteiger partial charge in [0.25, 0.3) is 0 Å². The Bertz CT molecular complexity index is 858. The van der Waals surface area contributed by atoms with Gasteiger partial charge in [0.2, 0.25) is 0 Å². The Morgan fingerprint density at radius 2 is 1.92 bits per heavy atom. The van der Waals surface area contributed by atoms with E-state index in [1.807, 2.05) is 18.3 Å². The molecule has 2 aromatic heterocycles. The summed E-state index contributed by atoms with van der Waals surface area (Å²) in [5.74, 6) is 0. The van der Waals surface area contributed by atoms with Crippen molar-refractivity contribution in [1.82, 2.24) is 15.3 Å². The molecule has 1 atom stereocenters. The zero-order chi connectivity index (χ0) is 17.1. The van der Waals surface area contributed by atoms with Gasteiger partial charge in [-0.25, -0.2) is 0 Å². The van der Waals surface area contributed by atoms with Gasteiger partial charge in [0.15, 0.2) is 0 Å². The van der Waals surface area contributed by atoms with Crippen LogP contribution in [0.5, 0.6) is 0 Å². The Morgan fingerprint density at radius 1 is 1.04 bits per heavy atom. The molecular weight excluding hydrogens is 306 g/mol. The summed E-state index contributed by atoms with van der Waals surface area (Å²) in [6.45, 7) is 2.86. The highest BCUT2D eigenvalue weighted by atomic mass is 15.0.